The number of fused-ring (bicyclic) bond motifs is 3. The van der Waals surface area contributed by atoms with Crippen LogP contribution < -0.4 is 20.7 Å². The molecule has 0 fully saturated rings. The van der Waals surface area contributed by atoms with Gasteiger partial charge in [0.2, 0.25) is 5.91 Å². The number of nitrogens with zero attached hydrogens (tertiary/aromatic N) is 3. The summed E-state index contributed by atoms with van der Waals surface area (Å²) >= 11 is 5.99. The van der Waals surface area contributed by atoms with Crippen molar-refractivity contribution in [2.45, 2.75) is 46.1 Å². The number of benzene rings is 2. The Morgan fingerprint density at radius 1 is 1.15 bits per heavy atom. The van der Waals surface area contributed by atoms with E-state index in [4.69, 9.17) is 36.1 Å². The number of pyridine rings is 1. The van der Waals surface area contributed by atoms with Crippen molar-refractivity contribution in [3.05, 3.63) is 59.4 Å². The SMILES string of the molecule is CCOCc1nc2c(N)nc3ccccc3c2n1C[C@@H](C)O[P@@](=O)(N[C@@H](C)C(=O)NC)Oc1ccc(Cl)cc1. The molecule has 3 atom stereocenters. The van der Waals surface area contributed by atoms with Crippen molar-refractivity contribution in [2.75, 3.05) is 19.4 Å². The van der Waals surface area contributed by atoms with E-state index in [1.165, 1.54) is 7.05 Å². The maximum Gasteiger partial charge on any atom is 0.459 e. The third-order valence-corrected chi connectivity index (χ3v) is 7.96. The van der Waals surface area contributed by atoms with Gasteiger partial charge in [0.25, 0.3) is 0 Å². The molecule has 0 spiro atoms. The summed E-state index contributed by atoms with van der Waals surface area (Å²) in [5.41, 5.74) is 8.31. The molecule has 0 radical (unpaired) electrons. The molecule has 0 aliphatic carbocycles. The Kier molecular flexibility index (Phi) is 9.09. The van der Waals surface area contributed by atoms with Crippen molar-refractivity contribution < 1.29 is 23.1 Å². The standard InChI is InChI=1S/C26H32ClN6O5P/c1-5-36-15-22-31-23-24(20-8-6-7-9-21(20)30-25(23)28)33(22)14-16(2)37-39(35,32-17(3)26(34)29-4)38-19-12-10-18(27)11-13-19/h6-13,16-17H,5,14-15H2,1-4H3,(H2,28,30)(H,29,34)(H,32,35)/t16-,17+,39+/m1/s1. The number of nitrogen functional groups attached to an aromatic ring is 1. The highest BCUT2D eigenvalue weighted by molar-refractivity contribution is 7.52. The molecule has 11 nitrogen and oxygen atoms in total. The molecule has 2 aromatic heterocycles. The van der Waals surface area contributed by atoms with Crippen molar-refractivity contribution in [2.24, 2.45) is 0 Å². The van der Waals surface area contributed by atoms with Gasteiger partial charge in [-0.05, 0) is 51.1 Å². The van der Waals surface area contributed by atoms with E-state index >= 15 is 0 Å². The number of hydrogen-bond acceptors (Lipinski definition) is 8. The molecule has 2 heterocycles. The first-order valence-corrected chi connectivity index (χ1v) is 14.4. The van der Waals surface area contributed by atoms with Crippen molar-refractivity contribution in [3.8, 4) is 5.75 Å². The van der Waals surface area contributed by atoms with E-state index in [0.717, 1.165) is 16.4 Å². The number of ether oxygens (including phenoxy) is 1. The topological polar surface area (TPSA) is 143 Å². The number of aromatic nitrogens is 3. The van der Waals surface area contributed by atoms with E-state index in [1.54, 1.807) is 38.1 Å². The summed E-state index contributed by atoms with van der Waals surface area (Å²) in [6, 6.07) is 13.1. The number of nitrogens with two attached hydrogens (primary N) is 1. The number of imidazole rings is 1. The van der Waals surface area contributed by atoms with Gasteiger partial charge in [0.15, 0.2) is 5.82 Å². The van der Waals surface area contributed by atoms with Crippen LogP contribution >= 0.6 is 19.3 Å². The van der Waals surface area contributed by atoms with Crippen LogP contribution in [0.15, 0.2) is 48.5 Å². The molecule has 208 valence electrons. The van der Waals surface area contributed by atoms with Crippen LogP contribution in [0.3, 0.4) is 0 Å². The molecule has 0 aliphatic heterocycles. The third kappa shape index (κ3) is 6.69. The zero-order valence-corrected chi connectivity index (χ0v) is 23.8. The summed E-state index contributed by atoms with van der Waals surface area (Å²) in [5.74, 6) is 0.806. The number of para-hydroxylation sites is 1. The maximum atomic E-state index is 14.0. The Bertz CT molecular complexity index is 1510. The predicted octanol–water partition coefficient (Wildman–Crippen LogP) is 4.67. The van der Waals surface area contributed by atoms with Gasteiger partial charge in [0, 0.05) is 24.1 Å². The van der Waals surface area contributed by atoms with Crippen LogP contribution in [-0.2, 0) is 31.8 Å². The van der Waals surface area contributed by atoms with Gasteiger partial charge in [-0.3, -0.25) is 9.32 Å². The molecule has 1 amide bonds. The second kappa shape index (κ2) is 12.3. The minimum Gasteiger partial charge on any atom is -0.413 e. The van der Waals surface area contributed by atoms with Gasteiger partial charge in [-0.15, -0.1) is 0 Å². The highest BCUT2D eigenvalue weighted by Crippen LogP contribution is 2.46. The zero-order chi connectivity index (χ0) is 28.2. The molecular weight excluding hydrogens is 543 g/mol. The monoisotopic (exact) mass is 574 g/mol. The van der Waals surface area contributed by atoms with Crippen molar-refractivity contribution in [1.82, 2.24) is 24.9 Å². The molecule has 4 aromatic rings. The van der Waals surface area contributed by atoms with Gasteiger partial charge in [0.05, 0.1) is 29.7 Å². The van der Waals surface area contributed by atoms with Crippen LogP contribution in [0.5, 0.6) is 5.75 Å². The number of anilines is 1. The number of halogens is 1. The fraction of sp³-hybridized carbons (Fsp3) is 0.346. The predicted molar refractivity (Wildman–Crippen MR) is 152 cm³/mol. The van der Waals surface area contributed by atoms with Gasteiger partial charge in [-0.1, -0.05) is 29.8 Å². The molecule has 13 heteroatoms. The average Bonchev–Trinajstić information content (AvgIpc) is 3.26. The number of carbonyl (C=O) groups is 1. The zero-order valence-electron chi connectivity index (χ0n) is 22.2. The first kappa shape index (κ1) is 28.8. The number of nitrogens with one attached hydrogen (secondary N) is 2. The summed E-state index contributed by atoms with van der Waals surface area (Å²) in [6.45, 7) is 6.18. The van der Waals surface area contributed by atoms with Crippen LogP contribution in [0.4, 0.5) is 5.82 Å². The molecule has 0 saturated carbocycles. The van der Waals surface area contributed by atoms with E-state index in [0.29, 0.717) is 28.8 Å². The minimum atomic E-state index is -4.06. The molecule has 39 heavy (non-hydrogen) atoms. The summed E-state index contributed by atoms with van der Waals surface area (Å²) < 4.78 is 33.4. The van der Waals surface area contributed by atoms with Crippen LogP contribution in [0, 0.1) is 0 Å². The van der Waals surface area contributed by atoms with E-state index < -0.39 is 19.9 Å². The molecule has 4 rings (SSSR count). The number of hydrogen-bond donors (Lipinski definition) is 3. The second-order valence-electron chi connectivity index (χ2n) is 8.91. The van der Waals surface area contributed by atoms with E-state index in [2.05, 4.69) is 15.4 Å². The Hall–Kier alpha value is -3.21. The summed E-state index contributed by atoms with van der Waals surface area (Å²) in [6.07, 6.45) is -0.668. The molecule has 0 aliphatic rings. The first-order valence-electron chi connectivity index (χ1n) is 12.5. The second-order valence-corrected chi connectivity index (χ2v) is 11.0. The van der Waals surface area contributed by atoms with E-state index in [-0.39, 0.29) is 24.8 Å². The lowest BCUT2D eigenvalue weighted by atomic mass is 10.2. The highest BCUT2D eigenvalue weighted by atomic mass is 35.5. The number of carbonyl (C=O) groups excluding carboxylic acids is 1. The van der Waals surface area contributed by atoms with Crippen LogP contribution in [-0.4, -0.2) is 46.2 Å². The fourth-order valence-corrected chi connectivity index (χ4v) is 5.97. The Morgan fingerprint density at radius 2 is 1.87 bits per heavy atom. The molecule has 4 N–H and O–H groups in total. The maximum absolute atomic E-state index is 14.0. The lowest BCUT2D eigenvalue weighted by Crippen LogP contribution is -2.40. The summed E-state index contributed by atoms with van der Waals surface area (Å²) in [4.78, 5) is 21.4. The van der Waals surface area contributed by atoms with Crippen molar-refractivity contribution >= 4 is 53.0 Å². The summed E-state index contributed by atoms with van der Waals surface area (Å²) in [5, 5.41) is 6.60. The van der Waals surface area contributed by atoms with Gasteiger partial charge in [-0.25, -0.2) is 14.5 Å². The average molecular weight is 575 g/mol. The molecular formula is C26H32ClN6O5P. The lowest BCUT2D eigenvalue weighted by Gasteiger charge is -2.26. The highest BCUT2D eigenvalue weighted by Gasteiger charge is 2.34. The smallest absolute Gasteiger partial charge is 0.413 e. The molecule has 0 saturated heterocycles. The van der Waals surface area contributed by atoms with Crippen LogP contribution in [0.25, 0.3) is 21.9 Å². The van der Waals surface area contributed by atoms with E-state index in [9.17, 15) is 9.36 Å². The van der Waals surface area contributed by atoms with Gasteiger partial charge >= 0.3 is 7.75 Å². The minimum absolute atomic E-state index is 0.232. The van der Waals surface area contributed by atoms with Crippen molar-refractivity contribution in [3.63, 3.8) is 0 Å². The van der Waals surface area contributed by atoms with Crippen LogP contribution in [0.1, 0.15) is 26.6 Å². The molecule has 0 unspecified atom stereocenters. The van der Waals surface area contributed by atoms with Crippen LogP contribution in [0.2, 0.25) is 5.02 Å². The third-order valence-electron chi connectivity index (χ3n) is 5.91. The Labute approximate surface area is 231 Å². The number of amides is 1. The fourth-order valence-electron chi connectivity index (χ4n) is 4.16. The Morgan fingerprint density at radius 3 is 2.56 bits per heavy atom. The Balaban J connectivity index is 1.70. The quantitative estimate of drug-likeness (QED) is 0.206. The van der Waals surface area contributed by atoms with Gasteiger partial charge in [-0.2, -0.15) is 5.09 Å². The van der Waals surface area contributed by atoms with Crippen molar-refractivity contribution in [1.29, 1.82) is 0 Å². The van der Waals surface area contributed by atoms with Gasteiger partial charge in [0.1, 0.15) is 23.7 Å². The normalized spacial score (nSPS) is 14.7. The molecule has 2 aromatic carbocycles. The number of rotatable bonds is 12. The van der Waals surface area contributed by atoms with Gasteiger partial charge < -0.3 is 24.9 Å². The number of likely N-dealkylation sites (N-methyl/N-ethyl adjacent to an activating group) is 1. The van der Waals surface area contributed by atoms with E-state index in [1.807, 2.05) is 35.8 Å². The summed E-state index contributed by atoms with van der Waals surface area (Å²) in [7, 11) is -2.57. The first-order chi connectivity index (χ1) is 18.6. The lowest BCUT2D eigenvalue weighted by molar-refractivity contribution is -0.122. The molecule has 0 bridgehead atoms. The largest absolute Gasteiger partial charge is 0.459 e.